The molecule has 0 atom stereocenters. The molecule has 7 nitrogen and oxygen atoms in total. The number of nitrogens with zero attached hydrogens (tertiary/aromatic N) is 2. The molecular weight excluding hydrogens is 404 g/mol. The first-order valence-electron chi connectivity index (χ1n) is 9.95. The van der Waals surface area contributed by atoms with Crippen LogP contribution < -0.4 is 14.8 Å². The third-order valence-electron chi connectivity index (χ3n) is 4.76. The molecule has 0 saturated heterocycles. The van der Waals surface area contributed by atoms with Crippen LogP contribution in [0.25, 0.3) is 28.9 Å². The topological polar surface area (TPSA) is 89.1 Å². The highest BCUT2D eigenvalue weighted by Crippen LogP contribution is 2.27. The Morgan fingerprint density at radius 3 is 2.34 bits per heavy atom. The van der Waals surface area contributed by atoms with Crippen LogP contribution in [0.5, 0.6) is 11.5 Å². The number of anilines is 1. The van der Waals surface area contributed by atoms with E-state index in [-0.39, 0.29) is 5.91 Å². The molecule has 7 heteroatoms. The molecular formula is C25H22N4O3. The summed E-state index contributed by atoms with van der Waals surface area (Å²) in [5, 5.41) is 10.2. The molecule has 0 radical (unpaired) electrons. The summed E-state index contributed by atoms with van der Waals surface area (Å²) in [5.41, 5.74) is 3.06. The summed E-state index contributed by atoms with van der Waals surface area (Å²) in [5.74, 6) is 2.18. The number of aromatic amines is 1. The second-order valence-corrected chi connectivity index (χ2v) is 6.89. The summed E-state index contributed by atoms with van der Waals surface area (Å²) in [7, 11) is 3.16. The van der Waals surface area contributed by atoms with E-state index in [0.717, 1.165) is 16.7 Å². The lowest BCUT2D eigenvalue weighted by Crippen LogP contribution is -2.09. The number of para-hydroxylation sites is 1. The van der Waals surface area contributed by atoms with Crippen molar-refractivity contribution in [3.05, 3.63) is 84.4 Å². The predicted molar refractivity (Wildman–Crippen MR) is 124 cm³/mol. The van der Waals surface area contributed by atoms with Gasteiger partial charge in [0.25, 0.3) is 0 Å². The largest absolute Gasteiger partial charge is 0.497 e. The molecule has 0 aliphatic heterocycles. The quantitative estimate of drug-likeness (QED) is 0.414. The van der Waals surface area contributed by atoms with E-state index in [9.17, 15) is 4.79 Å². The summed E-state index contributed by atoms with van der Waals surface area (Å²) in [6.45, 7) is 0. The van der Waals surface area contributed by atoms with E-state index >= 15 is 0 Å². The molecule has 1 amide bonds. The van der Waals surface area contributed by atoms with Crippen LogP contribution in [0.15, 0.2) is 78.9 Å². The van der Waals surface area contributed by atoms with Crippen LogP contribution in [0.4, 0.5) is 5.69 Å². The molecule has 0 fully saturated rings. The molecule has 0 spiro atoms. The summed E-state index contributed by atoms with van der Waals surface area (Å²) >= 11 is 0. The van der Waals surface area contributed by atoms with Gasteiger partial charge >= 0.3 is 0 Å². The zero-order valence-electron chi connectivity index (χ0n) is 17.7. The molecule has 160 valence electrons. The SMILES string of the molecule is COc1cc(/C=C/C(=O)Nc2ccccc2-c2nc(-c3ccccc3)n[nH]2)cc(OC)c1. The fourth-order valence-corrected chi connectivity index (χ4v) is 3.17. The van der Waals surface area contributed by atoms with E-state index in [4.69, 9.17) is 9.47 Å². The fraction of sp³-hybridized carbons (Fsp3) is 0.0800. The Labute approximate surface area is 185 Å². The molecule has 0 aliphatic carbocycles. The fourth-order valence-electron chi connectivity index (χ4n) is 3.17. The lowest BCUT2D eigenvalue weighted by atomic mass is 10.1. The number of carbonyl (C=O) groups is 1. The molecule has 4 rings (SSSR count). The van der Waals surface area contributed by atoms with Crippen molar-refractivity contribution in [2.45, 2.75) is 0 Å². The van der Waals surface area contributed by atoms with Crippen molar-refractivity contribution in [2.75, 3.05) is 19.5 Å². The number of H-pyrrole nitrogens is 1. The van der Waals surface area contributed by atoms with Gasteiger partial charge in [-0.2, -0.15) is 5.10 Å². The Bertz CT molecular complexity index is 1230. The van der Waals surface area contributed by atoms with Crippen LogP contribution >= 0.6 is 0 Å². The van der Waals surface area contributed by atoms with Crippen molar-refractivity contribution in [3.63, 3.8) is 0 Å². The van der Waals surface area contributed by atoms with Crippen molar-refractivity contribution in [3.8, 4) is 34.3 Å². The maximum atomic E-state index is 12.6. The first kappa shape index (κ1) is 20.9. The molecule has 3 aromatic carbocycles. The van der Waals surface area contributed by atoms with Gasteiger partial charge in [0.05, 0.1) is 19.9 Å². The molecule has 0 saturated carbocycles. The van der Waals surface area contributed by atoms with E-state index in [1.165, 1.54) is 6.08 Å². The van der Waals surface area contributed by atoms with Gasteiger partial charge in [-0.05, 0) is 35.9 Å². The van der Waals surface area contributed by atoms with Crippen molar-refractivity contribution in [1.29, 1.82) is 0 Å². The highest BCUT2D eigenvalue weighted by Gasteiger charge is 2.12. The zero-order valence-corrected chi connectivity index (χ0v) is 17.7. The average Bonchev–Trinajstić information content (AvgIpc) is 3.33. The van der Waals surface area contributed by atoms with Gasteiger partial charge in [0, 0.05) is 23.3 Å². The number of hydrogen-bond acceptors (Lipinski definition) is 5. The zero-order chi connectivity index (χ0) is 22.3. The third kappa shape index (κ3) is 4.84. The van der Waals surface area contributed by atoms with E-state index in [1.54, 1.807) is 26.4 Å². The standard InChI is InChI=1S/C25H22N4O3/c1-31-19-14-17(15-20(16-19)32-2)12-13-23(30)26-22-11-7-6-10-21(22)25-27-24(28-29-25)18-8-4-3-5-9-18/h3-16H,1-2H3,(H,26,30)(H,27,28,29)/b13-12+. The van der Waals surface area contributed by atoms with Crippen LogP contribution in [0.2, 0.25) is 0 Å². The smallest absolute Gasteiger partial charge is 0.248 e. The molecule has 1 aromatic heterocycles. The van der Waals surface area contributed by atoms with E-state index < -0.39 is 0 Å². The second kappa shape index (κ2) is 9.61. The van der Waals surface area contributed by atoms with Crippen LogP contribution in [0, 0.1) is 0 Å². The van der Waals surface area contributed by atoms with Crippen molar-refractivity contribution >= 4 is 17.7 Å². The van der Waals surface area contributed by atoms with Gasteiger partial charge in [0.15, 0.2) is 11.6 Å². The number of hydrogen-bond donors (Lipinski definition) is 2. The highest BCUT2D eigenvalue weighted by atomic mass is 16.5. The lowest BCUT2D eigenvalue weighted by Gasteiger charge is -2.08. The normalized spacial score (nSPS) is 10.8. The van der Waals surface area contributed by atoms with Crippen LogP contribution in [0.1, 0.15) is 5.56 Å². The van der Waals surface area contributed by atoms with Crippen molar-refractivity contribution < 1.29 is 14.3 Å². The Balaban J connectivity index is 1.53. The molecule has 0 aliphatic rings. The van der Waals surface area contributed by atoms with Gasteiger partial charge < -0.3 is 14.8 Å². The van der Waals surface area contributed by atoms with Crippen LogP contribution in [-0.4, -0.2) is 35.3 Å². The Hall–Kier alpha value is -4.39. The molecule has 1 heterocycles. The first-order valence-corrected chi connectivity index (χ1v) is 9.95. The minimum absolute atomic E-state index is 0.276. The number of aromatic nitrogens is 3. The summed E-state index contributed by atoms with van der Waals surface area (Å²) in [6, 6.07) is 22.5. The van der Waals surface area contributed by atoms with Gasteiger partial charge in [0.1, 0.15) is 11.5 Å². The number of nitrogens with one attached hydrogen (secondary N) is 2. The maximum absolute atomic E-state index is 12.6. The number of methoxy groups -OCH3 is 2. The maximum Gasteiger partial charge on any atom is 0.248 e. The van der Waals surface area contributed by atoms with E-state index in [1.807, 2.05) is 66.7 Å². The van der Waals surface area contributed by atoms with Crippen LogP contribution in [-0.2, 0) is 4.79 Å². The average molecular weight is 426 g/mol. The summed E-state index contributed by atoms with van der Waals surface area (Å²) < 4.78 is 10.5. The van der Waals surface area contributed by atoms with Gasteiger partial charge in [-0.1, -0.05) is 42.5 Å². The summed E-state index contributed by atoms with van der Waals surface area (Å²) in [4.78, 5) is 17.2. The van der Waals surface area contributed by atoms with Gasteiger partial charge in [0.2, 0.25) is 5.91 Å². The molecule has 4 aromatic rings. The molecule has 2 N–H and O–H groups in total. The Morgan fingerprint density at radius 2 is 1.62 bits per heavy atom. The monoisotopic (exact) mass is 426 g/mol. The minimum atomic E-state index is -0.276. The van der Waals surface area contributed by atoms with Crippen molar-refractivity contribution in [1.82, 2.24) is 15.2 Å². The molecule has 0 unspecified atom stereocenters. The lowest BCUT2D eigenvalue weighted by molar-refractivity contribution is -0.111. The number of carbonyl (C=O) groups excluding carboxylic acids is 1. The Morgan fingerprint density at radius 1 is 0.938 bits per heavy atom. The highest BCUT2D eigenvalue weighted by molar-refractivity contribution is 6.04. The predicted octanol–water partition coefficient (Wildman–Crippen LogP) is 4.81. The second-order valence-electron chi connectivity index (χ2n) is 6.89. The molecule has 32 heavy (non-hydrogen) atoms. The Kier molecular flexibility index (Phi) is 6.27. The third-order valence-corrected chi connectivity index (χ3v) is 4.76. The van der Waals surface area contributed by atoms with Crippen LogP contribution in [0.3, 0.4) is 0 Å². The van der Waals surface area contributed by atoms with E-state index in [2.05, 4.69) is 20.5 Å². The van der Waals surface area contributed by atoms with Gasteiger partial charge in [-0.25, -0.2) is 4.98 Å². The number of ether oxygens (including phenoxy) is 2. The van der Waals surface area contributed by atoms with Gasteiger partial charge in [-0.15, -0.1) is 0 Å². The molecule has 0 bridgehead atoms. The number of rotatable bonds is 7. The first-order chi connectivity index (χ1) is 15.7. The van der Waals surface area contributed by atoms with Crippen molar-refractivity contribution in [2.24, 2.45) is 0 Å². The minimum Gasteiger partial charge on any atom is -0.497 e. The van der Waals surface area contributed by atoms with Gasteiger partial charge in [-0.3, -0.25) is 9.89 Å². The summed E-state index contributed by atoms with van der Waals surface area (Å²) in [6.07, 6.45) is 3.16. The number of amides is 1. The van der Waals surface area contributed by atoms with E-state index in [0.29, 0.717) is 28.8 Å². The number of benzene rings is 3.